The van der Waals surface area contributed by atoms with Crippen molar-refractivity contribution in [2.75, 3.05) is 12.3 Å². The van der Waals surface area contributed by atoms with Crippen LogP contribution in [0.3, 0.4) is 0 Å². The summed E-state index contributed by atoms with van der Waals surface area (Å²) in [6.45, 7) is 3.79. The molecule has 6 nitrogen and oxygen atoms in total. The van der Waals surface area contributed by atoms with Gasteiger partial charge in [-0.1, -0.05) is 0 Å². The number of ether oxygens (including phenoxy) is 1. The first-order valence-electron chi connectivity index (χ1n) is 9.93. The molecule has 2 N–H and O–H groups in total. The number of hydrogen-bond donors (Lipinski definition) is 1. The highest BCUT2D eigenvalue weighted by Crippen LogP contribution is 2.37. The molecule has 1 aromatic carbocycles. The van der Waals surface area contributed by atoms with Crippen molar-refractivity contribution in [2.45, 2.75) is 39.0 Å². The normalized spacial score (nSPS) is 13.3. The van der Waals surface area contributed by atoms with Crippen LogP contribution in [0.4, 0.5) is 23.4 Å². The number of halogens is 4. The van der Waals surface area contributed by atoms with Crippen molar-refractivity contribution in [3.05, 3.63) is 58.7 Å². The molecule has 0 spiro atoms. The molecule has 0 bridgehead atoms. The third-order valence-electron chi connectivity index (χ3n) is 5.35. The van der Waals surface area contributed by atoms with E-state index in [2.05, 4.69) is 9.97 Å². The Labute approximate surface area is 181 Å². The van der Waals surface area contributed by atoms with Gasteiger partial charge in [0.25, 0.3) is 5.91 Å². The number of pyridine rings is 2. The van der Waals surface area contributed by atoms with Crippen LogP contribution in [0, 0.1) is 5.82 Å². The molecule has 1 aliphatic heterocycles. The van der Waals surface area contributed by atoms with E-state index >= 15 is 0 Å². The van der Waals surface area contributed by atoms with Crippen molar-refractivity contribution >= 4 is 22.6 Å². The fourth-order valence-electron chi connectivity index (χ4n) is 3.64. The van der Waals surface area contributed by atoms with Crippen LogP contribution in [0.2, 0.25) is 0 Å². The van der Waals surface area contributed by atoms with Gasteiger partial charge in [-0.25, -0.2) is 9.37 Å². The number of carbonyl (C=O) groups is 1. The topological polar surface area (TPSA) is 81.3 Å². The van der Waals surface area contributed by atoms with Gasteiger partial charge in [0.1, 0.15) is 17.4 Å². The van der Waals surface area contributed by atoms with E-state index in [1.807, 2.05) is 0 Å². The maximum Gasteiger partial charge on any atom is 0.417 e. The molecule has 0 aliphatic carbocycles. The van der Waals surface area contributed by atoms with Crippen molar-refractivity contribution in [3.8, 4) is 5.75 Å². The Bertz CT molecular complexity index is 1190. The van der Waals surface area contributed by atoms with E-state index in [9.17, 15) is 22.4 Å². The number of alkyl halides is 3. The monoisotopic (exact) mass is 448 g/mol. The molecule has 1 amide bonds. The number of rotatable bonds is 4. The molecule has 0 unspecified atom stereocenters. The molecule has 0 radical (unpaired) electrons. The van der Waals surface area contributed by atoms with E-state index in [1.54, 1.807) is 13.8 Å². The Morgan fingerprint density at radius 2 is 2.03 bits per heavy atom. The molecule has 32 heavy (non-hydrogen) atoms. The van der Waals surface area contributed by atoms with Gasteiger partial charge >= 0.3 is 6.18 Å². The Morgan fingerprint density at radius 1 is 1.28 bits per heavy atom. The van der Waals surface area contributed by atoms with Gasteiger partial charge in [-0.15, -0.1) is 0 Å². The Kier molecular flexibility index (Phi) is 5.39. The van der Waals surface area contributed by atoms with Crippen molar-refractivity contribution in [1.29, 1.82) is 0 Å². The molecule has 3 heterocycles. The number of carbonyl (C=O) groups excluding carboxylic acids is 1. The summed E-state index contributed by atoms with van der Waals surface area (Å²) in [5.41, 5.74) is 6.10. The lowest BCUT2D eigenvalue weighted by Gasteiger charge is -2.27. The predicted octanol–water partition coefficient (Wildman–Crippen LogP) is 4.36. The summed E-state index contributed by atoms with van der Waals surface area (Å²) in [4.78, 5) is 22.6. The Balaban J connectivity index is 1.69. The largest absolute Gasteiger partial charge is 0.492 e. The Morgan fingerprint density at radius 3 is 2.66 bits per heavy atom. The summed E-state index contributed by atoms with van der Waals surface area (Å²) >= 11 is 0. The zero-order valence-electron chi connectivity index (χ0n) is 17.3. The Hall–Kier alpha value is -3.43. The average molecular weight is 448 g/mol. The van der Waals surface area contributed by atoms with Crippen LogP contribution >= 0.6 is 0 Å². The molecule has 0 atom stereocenters. The molecule has 2 aromatic heterocycles. The van der Waals surface area contributed by atoms with Gasteiger partial charge in [0.15, 0.2) is 0 Å². The molecule has 1 aliphatic rings. The van der Waals surface area contributed by atoms with E-state index in [0.29, 0.717) is 30.4 Å². The third-order valence-corrected chi connectivity index (χ3v) is 5.35. The second-order valence-corrected chi connectivity index (χ2v) is 7.82. The molecule has 3 aromatic rings. The predicted molar refractivity (Wildman–Crippen MR) is 110 cm³/mol. The zero-order chi connectivity index (χ0) is 23.2. The van der Waals surface area contributed by atoms with Gasteiger partial charge < -0.3 is 15.4 Å². The van der Waals surface area contributed by atoms with E-state index in [4.69, 9.17) is 10.5 Å². The summed E-state index contributed by atoms with van der Waals surface area (Å²) in [6, 6.07) is 4.26. The molecule has 4 rings (SSSR count). The highest BCUT2D eigenvalue weighted by molar-refractivity contribution is 6.00. The number of nitrogens with two attached hydrogens (primary N) is 1. The first-order chi connectivity index (χ1) is 15.1. The number of hydrogen-bond acceptors (Lipinski definition) is 5. The van der Waals surface area contributed by atoms with Crippen LogP contribution in [-0.4, -0.2) is 33.4 Å². The standard InChI is InChI=1S/C22H20F4N4O2/c1-11(2)30(10-13-4-3-12(9-28-13)22(24,25)26)21(31)15-7-16-18(8-17(15)23)29-20(27)14-5-6-32-19(14)16/h3-4,7-9,11H,5-6,10H2,1-2H3,(H2,27,29). The zero-order valence-corrected chi connectivity index (χ0v) is 17.3. The molecule has 168 valence electrons. The van der Waals surface area contributed by atoms with Crippen LogP contribution in [0.25, 0.3) is 10.9 Å². The van der Waals surface area contributed by atoms with Gasteiger partial charge in [-0.2, -0.15) is 13.2 Å². The smallest absolute Gasteiger partial charge is 0.417 e. The van der Waals surface area contributed by atoms with Crippen molar-refractivity contribution < 1.29 is 27.1 Å². The number of nitrogen functional groups attached to an aromatic ring is 1. The molecule has 0 saturated carbocycles. The van der Waals surface area contributed by atoms with Crippen molar-refractivity contribution in [3.63, 3.8) is 0 Å². The maximum absolute atomic E-state index is 14.9. The van der Waals surface area contributed by atoms with Gasteiger partial charge in [0, 0.05) is 35.7 Å². The number of nitrogens with zero attached hydrogens (tertiary/aromatic N) is 3. The lowest BCUT2D eigenvalue weighted by atomic mass is 10.0. The van der Waals surface area contributed by atoms with Crippen molar-refractivity contribution in [2.24, 2.45) is 0 Å². The number of amides is 1. The fraction of sp³-hybridized carbons (Fsp3) is 0.318. The summed E-state index contributed by atoms with van der Waals surface area (Å²) < 4.78 is 58.9. The maximum atomic E-state index is 14.9. The van der Waals surface area contributed by atoms with Crippen molar-refractivity contribution in [1.82, 2.24) is 14.9 Å². The summed E-state index contributed by atoms with van der Waals surface area (Å²) in [5.74, 6) is -0.647. The van der Waals surface area contributed by atoms with Crippen LogP contribution in [0.15, 0.2) is 30.5 Å². The van der Waals surface area contributed by atoms with E-state index in [-0.39, 0.29) is 35.2 Å². The van der Waals surface area contributed by atoms with Gasteiger partial charge in [-0.05, 0) is 32.0 Å². The van der Waals surface area contributed by atoms with Crippen LogP contribution < -0.4 is 10.5 Å². The molecule has 10 heteroatoms. The molecule has 0 fully saturated rings. The quantitative estimate of drug-likeness (QED) is 0.600. The minimum absolute atomic E-state index is 0.0826. The SMILES string of the molecule is CC(C)N(Cc1ccc(C(F)(F)F)cn1)C(=O)c1cc2c3c(c(N)nc2cc1F)CCO3. The first kappa shape index (κ1) is 21.8. The van der Waals surface area contributed by atoms with Crippen LogP contribution in [0.5, 0.6) is 5.75 Å². The summed E-state index contributed by atoms with van der Waals surface area (Å²) in [7, 11) is 0. The minimum Gasteiger partial charge on any atom is -0.492 e. The molecular formula is C22H20F4N4O2. The highest BCUT2D eigenvalue weighted by Gasteiger charge is 2.31. The van der Waals surface area contributed by atoms with Gasteiger partial charge in [0.2, 0.25) is 0 Å². The summed E-state index contributed by atoms with van der Waals surface area (Å²) in [6.07, 6.45) is -3.22. The summed E-state index contributed by atoms with van der Waals surface area (Å²) in [5, 5.41) is 0.479. The number of benzene rings is 1. The van der Waals surface area contributed by atoms with Crippen LogP contribution in [-0.2, 0) is 19.1 Å². The lowest BCUT2D eigenvalue weighted by molar-refractivity contribution is -0.137. The molecule has 0 saturated heterocycles. The second-order valence-electron chi connectivity index (χ2n) is 7.82. The number of aromatic nitrogens is 2. The fourth-order valence-corrected chi connectivity index (χ4v) is 3.64. The average Bonchev–Trinajstić information content (AvgIpc) is 3.21. The number of anilines is 1. The van der Waals surface area contributed by atoms with Gasteiger partial charge in [0.05, 0.1) is 35.5 Å². The molecular weight excluding hydrogens is 428 g/mol. The number of fused-ring (bicyclic) bond motifs is 3. The minimum atomic E-state index is -4.51. The second kappa shape index (κ2) is 7.92. The van der Waals surface area contributed by atoms with E-state index in [1.165, 1.54) is 17.0 Å². The van der Waals surface area contributed by atoms with Crippen LogP contribution in [0.1, 0.15) is 41.0 Å². The van der Waals surface area contributed by atoms with E-state index < -0.39 is 23.5 Å². The highest BCUT2D eigenvalue weighted by atomic mass is 19.4. The first-order valence-corrected chi connectivity index (χ1v) is 9.93. The lowest BCUT2D eigenvalue weighted by Crippen LogP contribution is -2.37. The van der Waals surface area contributed by atoms with E-state index in [0.717, 1.165) is 17.7 Å². The van der Waals surface area contributed by atoms with Gasteiger partial charge in [-0.3, -0.25) is 9.78 Å². The third kappa shape index (κ3) is 3.92.